The van der Waals surface area contributed by atoms with Crippen LogP contribution in [0.1, 0.15) is 33.3 Å². The van der Waals surface area contributed by atoms with Gasteiger partial charge in [-0.3, -0.25) is 0 Å². The second-order valence-corrected chi connectivity index (χ2v) is 7.85. The maximum Gasteiger partial charge on any atom is 0.150 e. The number of benzene rings is 1. The molecule has 0 aromatic heterocycles. The molecule has 0 aliphatic heterocycles. The number of hydrogen-bond acceptors (Lipinski definition) is 0. The predicted octanol–water partition coefficient (Wildman–Crippen LogP) is 3.89. The Morgan fingerprint density at radius 2 is 1.47 bits per heavy atom. The van der Waals surface area contributed by atoms with Crippen LogP contribution in [0.3, 0.4) is 0 Å². The summed E-state index contributed by atoms with van der Waals surface area (Å²) in [6, 6.07) is 10.3. The van der Waals surface area contributed by atoms with Crippen molar-refractivity contribution in [2.75, 3.05) is 0 Å². The van der Waals surface area contributed by atoms with E-state index in [9.17, 15) is 0 Å². The van der Waals surface area contributed by atoms with Gasteiger partial charge in [-0.15, -0.1) is 5.54 Å². The maximum absolute atomic E-state index is 3.49. The molecule has 0 amide bonds. The molecule has 0 nitrogen and oxygen atoms in total. The zero-order valence-corrected chi connectivity index (χ0v) is 11.0. The fourth-order valence-electron chi connectivity index (χ4n) is 1.62. The first kappa shape index (κ1) is 12.1. The zero-order chi connectivity index (χ0) is 11.3. The quantitative estimate of drug-likeness (QED) is 0.518. The first-order valence-electron chi connectivity index (χ1n) is 5.55. The molecule has 1 heteroatoms. The van der Waals surface area contributed by atoms with E-state index < -0.39 is 8.80 Å². The normalized spacial score (nSPS) is 10.6. The van der Waals surface area contributed by atoms with Gasteiger partial charge in [-0.2, -0.15) is 0 Å². The van der Waals surface area contributed by atoms with E-state index in [-0.39, 0.29) is 0 Å². The van der Waals surface area contributed by atoms with Crippen LogP contribution in [0.15, 0.2) is 30.3 Å². The summed E-state index contributed by atoms with van der Waals surface area (Å²) in [6.45, 7) is 9.14. The smallest absolute Gasteiger partial charge is 0.127 e. The van der Waals surface area contributed by atoms with Crippen LogP contribution in [-0.2, 0) is 0 Å². The third kappa shape index (κ3) is 3.93. The van der Waals surface area contributed by atoms with Gasteiger partial charge in [0.2, 0.25) is 0 Å². The zero-order valence-electron chi connectivity index (χ0n) is 10.0. The lowest BCUT2D eigenvalue weighted by molar-refractivity contribution is 0.954. The minimum absolute atomic E-state index is 0.537. The van der Waals surface area contributed by atoms with Gasteiger partial charge in [0, 0.05) is 5.56 Å². The molecular formula is C14H19Si. The minimum Gasteiger partial charge on any atom is -0.127 e. The molecule has 1 rings (SSSR count). The van der Waals surface area contributed by atoms with E-state index >= 15 is 0 Å². The highest BCUT2D eigenvalue weighted by atomic mass is 28.3. The van der Waals surface area contributed by atoms with Gasteiger partial charge in [0.25, 0.3) is 0 Å². The van der Waals surface area contributed by atoms with Crippen LogP contribution in [0.5, 0.6) is 0 Å². The van der Waals surface area contributed by atoms with Crippen LogP contribution in [0.25, 0.3) is 0 Å². The Bertz CT molecular complexity index is 333. The van der Waals surface area contributed by atoms with E-state index in [1.54, 1.807) is 0 Å². The summed E-state index contributed by atoms with van der Waals surface area (Å²) >= 11 is 0. The third-order valence-corrected chi connectivity index (χ3v) is 5.27. The first-order chi connectivity index (χ1) is 7.11. The Hall–Kier alpha value is -1.00. The maximum atomic E-state index is 3.49. The van der Waals surface area contributed by atoms with Crippen molar-refractivity contribution in [1.29, 1.82) is 0 Å². The molecule has 0 unspecified atom stereocenters. The molecular weight excluding hydrogens is 196 g/mol. The predicted molar refractivity (Wildman–Crippen MR) is 69.3 cm³/mol. The number of hydrogen-bond donors (Lipinski definition) is 0. The Balaban J connectivity index is 2.79. The summed E-state index contributed by atoms with van der Waals surface area (Å²) in [5, 5.41) is 0. The lowest BCUT2D eigenvalue weighted by Crippen LogP contribution is -2.18. The van der Waals surface area contributed by atoms with Crippen LogP contribution in [0, 0.1) is 11.5 Å². The second kappa shape index (κ2) is 5.78. The summed E-state index contributed by atoms with van der Waals surface area (Å²) < 4.78 is 0. The summed E-state index contributed by atoms with van der Waals surface area (Å²) in [5.41, 5.74) is 6.08. The van der Waals surface area contributed by atoms with Crippen molar-refractivity contribution in [2.45, 2.75) is 38.8 Å². The van der Waals surface area contributed by atoms with E-state index in [1.165, 1.54) is 0 Å². The standard InChI is InChI=1S/C14H19Si/c1-12(2)15(13(3)4)11-10-14-8-6-5-7-9-14/h5-9,12-13H,1-4H3. The lowest BCUT2D eigenvalue weighted by Gasteiger charge is -2.15. The van der Waals surface area contributed by atoms with Gasteiger partial charge in [0.1, 0.15) is 0 Å². The van der Waals surface area contributed by atoms with Gasteiger partial charge in [-0.05, 0) is 23.2 Å². The highest BCUT2D eigenvalue weighted by Gasteiger charge is 2.17. The van der Waals surface area contributed by atoms with Crippen LogP contribution in [-0.4, -0.2) is 8.80 Å². The average Bonchev–Trinajstić information content (AvgIpc) is 2.18. The molecule has 1 aromatic carbocycles. The van der Waals surface area contributed by atoms with Gasteiger partial charge in [0.15, 0.2) is 8.80 Å². The van der Waals surface area contributed by atoms with Crippen LogP contribution in [0.2, 0.25) is 11.1 Å². The molecule has 79 valence electrons. The van der Waals surface area contributed by atoms with Gasteiger partial charge in [-0.1, -0.05) is 51.8 Å². The summed E-state index contributed by atoms with van der Waals surface area (Å²) in [6.07, 6.45) is 0. The fraction of sp³-hybridized carbons (Fsp3) is 0.429. The third-order valence-electron chi connectivity index (χ3n) is 2.37. The molecule has 0 saturated heterocycles. The molecule has 15 heavy (non-hydrogen) atoms. The molecule has 0 heterocycles. The molecule has 0 N–H and O–H groups in total. The molecule has 0 aliphatic carbocycles. The lowest BCUT2D eigenvalue weighted by atomic mass is 10.2. The van der Waals surface area contributed by atoms with Crippen molar-refractivity contribution in [3.8, 4) is 11.5 Å². The fourth-order valence-corrected chi connectivity index (χ4v) is 3.82. The van der Waals surface area contributed by atoms with Crippen LogP contribution >= 0.6 is 0 Å². The van der Waals surface area contributed by atoms with E-state index in [4.69, 9.17) is 0 Å². The SMILES string of the molecule is CC(C)[Si](C#Cc1ccccc1)C(C)C. The molecule has 0 atom stereocenters. The van der Waals surface area contributed by atoms with Crippen molar-refractivity contribution in [1.82, 2.24) is 0 Å². The molecule has 0 spiro atoms. The van der Waals surface area contributed by atoms with Crippen LogP contribution < -0.4 is 0 Å². The topological polar surface area (TPSA) is 0 Å². The molecule has 0 fully saturated rings. The van der Waals surface area contributed by atoms with Crippen molar-refractivity contribution >= 4 is 8.80 Å². The molecule has 0 saturated carbocycles. The Morgan fingerprint density at radius 1 is 0.933 bits per heavy atom. The monoisotopic (exact) mass is 215 g/mol. The van der Waals surface area contributed by atoms with Crippen LogP contribution in [0.4, 0.5) is 0 Å². The van der Waals surface area contributed by atoms with E-state index in [1.807, 2.05) is 18.2 Å². The Kier molecular flexibility index (Phi) is 4.65. The van der Waals surface area contributed by atoms with Crippen molar-refractivity contribution < 1.29 is 0 Å². The number of rotatable bonds is 2. The van der Waals surface area contributed by atoms with E-state index in [2.05, 4.69) is 51.3 Å². The largest absolute Gasteiger partial charge is 0.150 e. The van der Waals surface area contributed by atoms with Gasteiger partial charge in [-0.25, -0.2) is 0 Å². The molecule has 0 aliphatic rings. The molecule has 1 radical (unpaired) electrons. The Morgan fingerprint density at radius 3 is 1.93 bits per heavy atom. The summed E-state index contributed by atoms with van der Waals surface area (Å²) in [7, 11) is -0.537. The van der Waals surface area contributed by atoms with Crippen molar-refractivity contribution in [2.24, 2.45) is 0 Å². The summed E-state index contributed by atoms with van der Waals surface area (Å²) in [4.78, 5) is 0. The van der Waals surface area contributed by atoms with Gasteiger partial charge in [0.05, 0.1) is 0 Å². The minimum atomic E-state index is -0.537. The molecule has 0 bridgehead atoms. The van der Waals surface area contributed by atoms with E-state index in [0.717, 1.165) is 16.6 Å². The van der Waals surface area contributed by atoms with Gasteiger partial charge < -0.3 is 0 Å². The first-order valence-corrected chi connectivity index (χ1v) is 7.20. The average molecular weight is 215 g/mol. The second-order valence-electron chi connectivity index (χ2n) is 4.38. The highest BCUT2D eigenvalue weighted by Crippen LogP contribution is 2.18. The Labute approximate surface area is 95.3 Å². The molecule has 1 aromatic rings. The summed E-state index contributed by atoms with van der Waals surface area (Å²) in [5.74, 6) is 3.30. The van der Waals surface area contributed by atoms with Gasteiger partial charge >= 0.3 is 0 Å². The van der Waals surface area contributed by atoms with Crippen molar-refractivity contribution in [3.05, 3.63) is 35.9 Å². The highest BCUT2D eigenvalue weighted by molar-refractivity contribution is 6.70. The van der Waals surface area contributed by atoms with Crippen molar-refractivity contribution in [3.63, 3.8) is 0 Å². The van der Waals surface area contributed by atoms with E-state index in [0.29, 0.717) is 0 Å².